The zero-order valence-electron chi connectivity index (χ0n) is 13.6. The molecule has 9 heteroatoms. The zero-order valence-corrected chi connectivity index (χ0v) is 15.2. The van der Waals surface area contributed by atoms with E-state index < -0.39 is 16.1 Å². The first-order chi connectivity index (χ1) is 11.3. The number of amides is 1. The molecule has 1 aliphatic rings. The average Bonchev–Trinajstić information content (AvgIpc) is 2.56. The highest BCUT2D eigenvalue weighted by Crippen LogP contribution is 2.27. The summed E-state index contributed by atoms with van der Waals surface area (Å²) in [5, 5.41) is 0.201. The Bertz CT molecular complexity index is 689. The minimum absolute atomic E-state index is 0.0161. The van der Waals surface area contributed by atoms with Crippen LogP contribution in [0, 0.1) is 0 Å². The van der Waals surface area contributed by atoms with E-state index in [1.54, 1.807) is 4.90 Å². The number of nitrogens with one attached hydrogen (secondary N) is 1. The molecule has 1 heterocycles. The van der Waals surface area contributed by atoms with Gasteiger partial charge in [0.05, 0.1) is 35.8 Å². The predicted molar refractivity (Wildman–Crippen MR) is 89.8 cm³/mol. The van der Waals surface area contributed by atoms with E-state index in [1.807, 2.05) is 6.92 Å². The summed E-state index contributed by atoms with van der Waals surface area (Å²) in [6, 6.07) is 3.32. The van der Waals surface area contributed by atoms with Gasteiger partial charge in [-0.3, -0.25) is 4.79 Å². The lowest BCUT2D eigenvalue weighted by Crippen LogP contribution is -2.50. The van der Waals surface area contributed by atoms with Crippen molar-refractivity contribution in [3.05, 3.63) is 23.2 Å². The first-order valence-corrected chi connectivity index (χ1v) is 9.52. The SMILES string of the molecule is CCOc1ccc(S(=O)(=O)N[C@@H](C)C(=O)N2CCOCC2)cc1Cl. The quantitative estimate of drug-likeness (QED) is 0.808. The first kappa shape index (κ1) is 19.0. The average molecular weight is 377 g/mol. The van der Waals surface area contributed by atoms with E-state index in [0.29, 0.717) is 38.7 Å². The molecule has 0 unspecified atom stereocenters. The van der Waals surface area contributed by atoms with Crippen LogP contribution >= 0.6 is 11.6 Å². The smallest absolute Gasteiger partial charge is 0.241 e. The molecule has 1 saturated heterocycles. The zero-order chi connectivity index (χ0) is 17.7. The van der Waals surface area contributed by atoms with E-state index >= 15 is 0 Å². The minimum Gasteiger partial charge on any atom is -0.492 e. The van der Waals surface area contributed by atoms with Crippen molar-refractivity contribution >= 4 is 27.5 Å². The summed E-state index contributed by atoms with van der Waals surface area (Å²) < 4.78 is 37.7. The van der Waals surface area contributed by atoms with Gasteiger partial charge in [0.2, 0.25) is 15.9 Å². The summed E-state index contributed by atoms with van der Waals surface area (Å²) in [4.78, 5) is 13.9. The van der Waals surface area contributed by atoms with E-state index in [-0.39, 0.29) is 15.8 Å². The Morgan fingerprint density at radius 3 is 2.67 bits per heavy atom. The van der Waals surface area contributed by atoms with Crippen LogP contribution in [0.3, 0.4) is 0 Å². The molecule has 24 heavy (non-hydrogen) atoms. The van der Waals surface area contributed by atoms with Gasteiger partial charge in [-0.15, -0.1) is 0 Å². The molecule has 0 aromatic heterocycles. The van der Waals surface area contributed by atoms with Gasteiger partial charge in [-0.05, 0) is 32.0 Å². The number of carbonyl (C=O) groups excluding carboxylic acids is 1. The number of hydrogen-bond acceptors (Lipinski definition) is 5. The molecule has 0 aliphatic carbocycles. The van der Waals surface area contributed by atoms with Crippen LogP contribution in [0.1, 0.15) is 13.8 Å². The van der Waals surface area contributed by atoms with E-state index in [1.165, 1.54) is 25.1 Å². The normalized spacial score (nSPS) is 16.7. The van der Waals surface area contributed by atoms with Gasteiger partial charge in [-0.25, -0.2) is 8.42 Å². The molecule has 1 aromatic rings. The third-order valence-corrected chi connectivity index (χ3v) is 5.37. The molecule has 0 saturated carbocycles. The van der Waals surface area contributed by atoms with Crippen LogP contribution in [0.4, 0.5) is 0 Å². The van der Waals surface area contributed by atoms with E-state index in [2.05, 4.69) is 4.72 Å². The second-order valence-corrected chi connectivity index (χ2v) is 7.43. The van der Waals surface area contributed by atoms with Crippen LogP contribution in [-0.2, 0) is 19.6 Å². The molecule has 1 aromatic carbocycles. The standard InChI is InChI=1S/C15H21ClN2O5S/c1-3-23-14-5-4-12(10-13(14)16)24(20,21)17-11(2)15(19)18-6-8-22-9-7-18/h4-5,10-11,17H,3,6-9H2,1-2H3/t11-/m0/s1. The maximum absolute atomic E-state index is 12.4. The maximum Gasteiger partial charge on any atom is 0.241 e. The molecule has 7 nitrogen and oxygen atoms in total. The molecule has 1 N–H and O–H groups in total. The number of nitrogens with zero attached hydrogens (tertiary/aromatic N) is 1. The molecule has 1 fully saturated rings. The number of benzene rings is 1. The fraction of sp³-hybridized carbons (Fsp3) is 0.533. The van der Waals surface area contributed by atoms with Gasteiger partial charge in [0.1, 0.15) is 5.75 Å². The van der Waals surface area contributed by atoms with Crippen LogP contribution in [0.5, 0.6) is 5.75 Å². The Morgan fingerprint density at radius 1 is 1.42 bits per heavy atom. The summed E-state index contributed by atoms with van der Waals surface area (Å²) in [6.45, 7) is 5.58. The first-order valence-electron chi connectivity index (χ1n) is 7.66. The largest absolute Gasteiger partial charge is 0.492 e. The van der Waals surface area contributed by atoms with Crippen molar-refractivity contribution in [2.75, 3.05) is 32.9 Å². The lowest BCUT2D eigenvalue weighted by molar-refractivity contribution is -0.136. The lowest BCUT2D eigenvalue weighted by Gasteiger charge is -2.29. The van der Waals surface area contributed by atoms with Crippen molar-refractivity contribution < 1.29 is 22.7 Å². The highest BCUT2D eigenvalue weighted by molar-refractivity contribution is 7.89. The summed E-state index contributed by atoms with van der Waals surface area (Å²) in [6.07, 6.45) is 0. The Labute approximate surface area is 146 Å². The van der Waals surface area contributed by atoms with Crippen LogP contribution in [0.15, 0.2) is 23.1 Å². The monoisotopic (exact) mass is 376 g/mol. The molecular formula is C15H21ClN2O5S. The molecule has 2 rings (SSSR count). The number of carbonyl (C=O) groups is 1. The predicted octanol–water partition coefficient (Wildman–Crippen LogP) is 1.26. The second kappa shape index (κ2) is 8.15. The van der Waals surface area contributed by atoms with E-state index in [9.17, 15) is 13.2 Å². The van der Waals surface area contributed by atoms with Gasteiger partial charge in [0, 0.05) is 13.1 Å². The lowest BCUT2D eigenvalue weighted by atomic mass is 10.3. The molecule has 1 atom stereocenters. The maximum atomic E-state index is 12.4. The topological polar surface area (TPSA) is 84.9 Å². The number of morpholine rings is 1. The summed E-state index contributed by atoms with van der Waals surface area (Å²) in [5.41, 5.74) is 0. The van der Waals surface area contributed by atoms with Gasteiger partial charge in [-0.2, -0.15) is 4.72 Å². The van der Waals surface area contributed by atoms with Crippen LogP contribution in [-0.4, -0.2) is 58.2 Å². The molecule has 0 bridgehead atoms. The van der Waals surface area contributed by atoms with Crippen molar-refractivity contribution in [1.29, 1.82) is 0 Å². The molecule has 1 amide bonds. The summed E-state index contributed by atoms with van der Waals surface area (Å²) in [7, 11) is -3.87. The minimum atomic E-state index is -3.87. The summed E-state index contributed by atoms with van der Waals surface area (Å²) >= 11 is 6.03. The second-order valence-electron chi connectivity index (χ2n) is 5.31. The fourth-order valence-electron chi connectivity index (χ4n) is 2.33. The molecule has 1 aliphatic heterocycles. The number of sulfonamides is 1. The summed E-state index contributed by atoms with van der Waals surface area (Å²) in [5.74, 6) is 0.134. The number of rotatable bonds is 6. The highest BCUT2D eigenvalue weighted by atomic mass is 35.5. The molecule has 0 radical (unpaired) electrons. The highest BCUT2D eigenvalue weighted by Gasteiger charge is 2.27. The number of hydrogen-bond donors (Lipinski definition) is 1. The number of ether oxygens (including phenoxy) is 2. The fourth-order valence-corrected chi connectivity index (χ4v) is 3.85. The van der Waals surface area contributed by atoms with Crippen molar-refractivity contribution in [3.63, 3.8) is 0 Å². The van der Waals surface area contributed by atoms with Gasteiger partial charge in [0.25, 0.3) is 0 Å². The van der Waals surface area contributed by atoms with Gasteiger partial charge in [0.15, 0.2) is 0 Å². The third kappa shape index (κ3) is 4.60. The van der Waals surface area contributed by atoms with Crippen molar-refractivity contribution in [3.8, 4) is 5.75 Å². The van der Waals surface area contributed by atoms with E-state index in [0.717, 1.165) is 0 Å². The number of halogens is 1. The van der Waals surface area contributed by atoms with Crippen molar-refractivity contribution in [1.82, 2.24) is 9.62 Å². The molecule has 0 spiro atoms. The Hall–Kier alpha value is -1.35. The Morgan fingerprint density at radius 2 is 2.08 bits per heavy atom. The molecule has 134 valence electrons. The van der Waals surface area contributed by atoms with Crippen LogP contribution < -0.4 is 9.46 Å². The van der Waals surface area contributed by atoms with Gasteiger partial charge >= 0.3 is 0 Å². The Balaban J connectivity index is 2.09. The Kier molecular flexibility index (Phi) is 6.45. The van der Waals surface area contributed by atoms with Gasteiger partial charge in [-0.1, -0.05) is 11.6 Å². The third-order valence-electron chi connectivity index (χ3n) is 3.54. The van der Waals surface area contributed by atoms with Crippen LogP contribution in [0.25, 0.3) is 0 Å². The van der Waals surface area contributed by atoms with E-state index in [4.69, 9.17) is 21.1 Å². The molecular weight excluding hydrogens is 356 g/mol. The van der Waals surface area contributed by atoms with Crippen LogP contribution in [0.2, 0.25) is 5.02 Å². The van der Waals surface area contributed by atoms with Crippen molar-refractivity contribution in [2.45, 2.75) is 24.8 Å². The van der Waals surface area contributed by atoms with Crippen molar-refractivity contribution in [2.24, 2.45) is 0 Å². The van der Waals surface area contributed by atoms with Gasteiger partial charge < -0.3 is 14.4 Å².